The number of hydrogen-bond acceptors (Lipinski definition) is 4. The van der Waals surface area contributed by atoms with Gasteiger partial charge in [0, 0.05) is 11.6 Å². The summed E-state index contributed by atoms with van der Waals surface area (Å²) in [5.74, 6) is 1.55. The van der Waals surface area contributed by atoms with Gasteiger partial charge in [0.25, 0.3) is 0 Å². The number of hydrogen-bond donors (Lipinski definition) is 1. The first kappa shape index (κ1) is 6.89. The molecule has 1 fully saturated rings. The van der Waals surface area contributed by atoms with E-state index in [9.17, 15) is 4.79 Å². The Bertz CT molecular complexity index is 112. The van der Waals surface area contributed by atoms with Crippen molar-refractivity contribution in [1.82, 2.24) is 5.32 Å². The summed E-state index contributed by atoms with van der Waals surface area (Å²) in [5, 5.41) is 3.00. The minimum absolute atomic E-state index is 0.0694. The van der Waals surface area contributed by atoms with Crippen molar-refractivity contribution in [1.29, 1.82) is 0 Å². The summed E-state index contributed by atoms with van der Waals surface area (Å²) in [4.78, 5) is 10.7. The highest BCUT2D eigenvalue weighted by Crippen LogP contribution is 2.09. The van der Waals surface area contributed by atoms with E-state index in [1.165, 1.54) is 7.11 Å². The smallest absolute Gasteiger partial charge is 0.323 e. The number of ether oxygens (including phenoxy) is 1. The van der Waals surface area contributed by atoms with Crippen LogP contribution < -0.4 is 5.32 Å². The summed E-state index contributed by atoms with van der Waals surface area (Å²) in [6.45, 7) is 0. The van der Waals surface area contributed by atoms with Gasteiger partial charge < -0.3 is 4.74 Å². The van der Waals surface area contributed by atoms with Gasteiger partial charge in [0.2, 0.25) is 0 Å². The molecule has 1 atom stereocenters. The van der Waals surface area contributed by atoms with Crippen molar-refractivity contribution in [2.75, 3.05) is 18.7 Å². The Morgan fingerprint density at radius 3 is 3.11 bits per heavy atom. The third kappa shape index (κ3) is 1.59. The van der Waals surface area contributed by atoms with Crippen LogP contribution in [0.3, 0.4) is 0 Å². The molecule has 0 saturated carbocycles. The van der Waals surface area contributed by atoms with Crippen molar-refractivity contribution in [3.8, 4) is 0 Å². The Kier molecular flexibility index (Phi) is 2.36. The van der Waals surface area contributed by atoms with E-state index in [0.717, 1.165) is 11.6 Å². The monoisotopic (exact) mass is 147 g/mol. The number of esters is 1. The van der Waals surface area contributed by atoms with E-state index in [0.29, 0.717) is 0 Å². The zero-order valence-corrected chi connectivity index (χ0v) is 6.03. The summed E-state index contributed by atoms with van der Waals surface area (Å²) >= 11 is 1.71. The maximum atomic E-state index is 10.7. The van der Waals surface area contributed by atoms with E-state index < -0.39 is 0 Å². The fourth-order valence-electron chi connectivity index (χ4n) is 0.689. The molecule has 0 radical (unpaired) electrons. The van der Waals surface area contributed by atoms with Gasteiger partial charge in [-0.2, -0.15) is 0 Å². The topological polar surface area (TPSA) is 38.3 Å². The second-order valence-electron chi connectivity index (χ2n) is 1.79. The van der Waals surface area contributed by atoms with E-state index in [-0.39, 0.29) is 12.0 Å². The lowest BCUT2D eigenvalue weighted by atomic mass is 10.3. The molecule has 4 heteroatoms. The standard InChI is InChI=1S/C5H9NO2S/c1-8-5(7)4-2-9-3-6-4/h4,6H,2-3H2,1H3. The summed E-state index contributed by atoms with van der Waals surface area (Å²) in [5.41, 5.74) is 0. The van der Waals surface area contributed by atoms with Crippen LogP contribution in [0.25, 0.3) is 0 Å². The summed E-state index contributed by atoms with van der Waals surface area (Å²) in [6.07, 6.45) is 0. The van der Waals surface area contributed by atoms with Crippen LogP contribution in [0, 0.1) is 0 Å². The van der Waals surface area contributed by atoms with Crippen LogP contribution in [0.5, 0.6) is 0 Å². The molecule has 52 valence electrons. The first-order valence-corrected chi connectivity index (χ1v) is 3.89. The third-order valence-electron chi connectivity index (χ3n) is 1.20. The number of nitrogens with one attached hydrogen (secondary N) is 1. The van der Waals surface area contributed by atoms with E-state index in [1.807, 2.05) is 0 Å². The normalized spacial score (nSPS) is 26.1. The first-order chi connectivity index (χ1) is 4.34. The lowest BCUT2D eigenvalue weighted by molar-refractivity contribution is -0.142. The van der Waals surface area contributed by atoms with Crippen molar-refractivity contribution in [3.63, 3.8) is 0 Å². The summed E-state index contributed by atoms with van der Waals surface area (Å²) in [6, 6.07) is -0.0694. The van der Waals surface area contributed by atoms with Gasteiger partial charge in [0.15, 0.2) is 0 Å². The third-order valence-corrected chi connectivity index (χ3v) is 2.14. The number of methoxy groups -OCH3 is 1. The van der Waals surface area contributed by atoms with Gasteiger partial charge >= 0.3 is 5.97 Å². The Labute approximate surface area is 58.1 Å². The van der Waals surface area contributed by atoms with Crippen LogP contribution in [-0.4, -0.2) is 30.8 Å². The van der Waals surface area contributed by atoms with Crippen molar-refractivity contribution in [3.05, 3.63) is 0 Å². The molecule has 1 saturated heterocycles. The van der Waals surface area contributed by atoms with Gasteiger partial charge in [-0.1, -0.05) is 0 Å². The predicted octanol–water partition coefficient (Wildman–Crippen LogP) is -0.178. The molecule has 1 aliphatic heterocycles. The van der Waals surface area contributed by atoms with E-state index in [2.05, 4.69) is 10.1 Å². The average Bonchev–Trinajstić information content (AvgIpc) is 2.37. The van der Waals surface area contributed by atoms with E-state index >= 15 is 0 Å². The highest BCUT2D eigenvalue weighted by Gasteiger charge is 2.22. The molecule has 0 spiro atoms. The first-order valence-electron chi connectivity index (χ1n) is 2.73. The highest BCUT2D eigenvalue weighted by molar-refractivity contribution is 7.99. The van der Waals surface area contributed by atoms with Gasteiger partial charge in [-0.25, -0.2) is 0 Å². The van der Waals surface area contributed by atoms with Gasteiger partial charge in [-0.05, 0) is 0 Å². The number of rotatable bonds is 1. The maximum absolute atomic E-state index is 10.7. The van der Waals surface area contributed by atoms with Gasteiger partial charge in [0.1, 0.15) is 6.04 Å². The quantitative estimate of drug-likeness (QED) is 0.522. The zero-order chi connectivity index (χ0) is 6.69. The lowest BCUT2D eigenvalue weighted by Gasteiger charge is -2.03. The number of thioether (sulfide) groups is 1. The molecule has 0 aromatic rings. The second kappa shape index (κ2) is 3.08. The zero-order valence-electron chi connectivity index (χ0n) is 5.22. The average molecular weight is 147 g/mol. The highest BCUT2D eigenvalue weighted by atomic mass is 32.2. The Hall–Kier alpha value is -0.220. The molecule has 1 N–H and O–H groups in total. The van der Waals surface area contributed by atoms with Gasteiger partial charge in [0.05, 0.1) is 7.11 Å². The van der Waals surface area contributed by atoms with Crippen LogP contribution >= 0.6 is 11.8 Å². The van der Waals surface area contributed by atoms with Crippen LogP contribution in [0.4, 0.5) is 0 Å². The second-order valence-corrected chi connectivity index (χ2v) is 2.83. The molecule has 0 bridgehead atoms. The van der Waals surface area contributed by atoms with Crippen LogP contribution in [-0.2, 0) is 9.53 Å². The van der Waals surface area contributed by atoms with Crippen LogP contribution in [0.2, 0.25) is 0 Å². The minimum Gasteiger partial charge on any atom is -0.468 e. The molecule has 1 rings (SSSR count). The van der Waals surface area contributed by atoms with Crippen molar-refractivity contribution >= 4 is 17.7 Å². The molecule has 0 amide bonds. The van der Waals surface area contributed by atoms with Gasteiger partial charge in [-0.3, -0.25) is 10.1 Å². The predicted molar refractivity (Wildman–Crippen MR) is 36.3 cm³/mol. The van der Waals surface area contributed by atoms with Gasteiger partial charge in [-0.15, -0.1) is 11.8 Å². The summed E-state index contributed by atoms with van der Waals surface area (Å²) in [7, 11) is 1.41. The number of carbonyl (C=O) groups is 1. The molecule has 0 aliphatic carbocycles. The van der Waals surface area contributed by atoms with Crippen molar-refractivity contribution in [2.45, 2.75) is 6.04 Å². The van der Waals surface area contributed by atoms with Crippen LogP contribution in [0.1, 0.15) is 0 Å². The summed E-state index contributed by atoms with van der Waals surface area (Å²) < 4.78 is 4.52. The maximum Gasteiger partial charge on any atom is 0.323 e. The molecule has 1 aliphatic rings. The SMILES string of the molecule is COC(=O)C1CSCN1. The molecular weight excluding hydrogens is 138 g/mol. The van der Waals surface area contributed by atoms with Crippen molar-refractivity contribution in [2.24, 2.45) is 0 Å². The molecule has 1 unspecified atom stereocenters. The van der Waals surface area contributed by atoms with E-state index in [4.69, 9.17) is 0 Å². The molecule has 3 nitrogen and oxygen atoms in total. The fraction of sp³-hybridized carbons (Fsp3) is 0.800. The Morgan fingerprint density at radius 2 is 2.67 bits per heavy atom. The molecule has 9 heavy (non-hydrogen) atoms. The molecule has 0 aromatic carbocycles. The van der Waals surface area contributed by atoms with Crippen molar-refractivity contribution < 1.29 is 9.53 Å². The largest absolute Gasteiger partial charge is 0.468 e. The number of carbonyl (C=O) groups excluding carboxylic acids is 1. The Balaban J connectivity index is 2.32. The lowest BCUT2D eigenvalue weighted by Crippen LogP contribution is -2.33. The Morgan fingerprint density at radius 1 is 1.89 bits per heavy atom. The fourth-order valence-corrected chi connectivity index (χ4v) is 1.62. The molecule has 1 heterocycles. The molecular formula is C5H9NO2S. The molecule has 0 aromatic heterocycles. The van der Waals surface area contributed by atoms with E-state index in [1.54, 1.807) is 11.8 Å². The van der Waals surface area contributed by atoms with Crippen LogP contribution in [0.15, 0.2) is 0 Å². The minimum atomic E-state index is -0.153.